The van der Waals surface area contributed by atoms with Crippen molar-refractivity contribution in [2.45, 2.75) is 63.6 Å². The molecule has 2 unspecified atom stereocenters. The normalized spacial score (nSPS) is 13.0. The highest BCUT2D eigenvalue weighted by Crippen LogP contribution is 2.41. The Morgan fingerprint density at radius 1 is 0.527 bits per heavy atom. The fourth-order valence-electron chi connectivity index (χ4n) is 6.48. The van der Waals surface area contributed by atoms with Crippen molar-refractivity contribution in [3.63, 3.8) is 0 Å². The zero-order valence-corrected chi connectivity index (χ0v) is 35.4. The summed E-state index contributed by atoms with van der Waals surface area (Å²) < 4.78 is 51.4. The Bertz CT molecular complexity index is 2090. The molecule has 0 radical (unpaired) electrons. The van der Waals surface area contributed by atoms with Crippen molar-refractivity contribution in [1.29, 1.82) is 0 Å². The van der Waals surface area contributed by atoms with E-state index >= 15 is 8.78 Å². The van der Waals surface area contributed by atoms with Crippen LogP contribution in [0.15, 0.2) is 142 Å². The van der Waals surface area contributed by atoms with Crippen LogP contribution in [0, 0.1) is 11.6 Å². The summed E-state index contributed by atoms with van der Waals surface area (Å²) in [6.45, 7) is 8.47. The van der Waals surface area contributed by atoms with Gasteiger partial charge in [0.05, 0.1) is 22.3 Å². The van der Waals surface area contributed by atoms with Gasteiger partial charge in [-0.3, -0.25) is 0 Å². The lowest BCUT2D eigenvalue weighted by atomic mass is 9.74. The Kier molecular flexibility index (Phi) is 13.1. The first kappa shape index (κ1) is 40.9. The van der Waals surface area contributed by atoms with Crippen LogP contribution < -0.4 is 9.47 Å². The van der Waals surface area contributed by atoms with Gasteiger partial charge in [-0.05, 0) is 140 Å². The number of halogens is 6. The van der Waals surface area contributed by atoms with E-state index < -0.39 is 34.7 Å². The fourth-order valence-corrected chi connectivity index (χ4v) is 7.33. The lowest BCUT2D eigenvalue weighted by Crippen LogP contribution is -2.46. The van der Waals surface area contributed by atoms with Crippen LogP contribution in [0.5, 0.6) is 23.0 Å². The van der Waals surface area contributed by atoms with Crippen LogP contribution in [0.25, 0.3) is 0 Å². The van der Waals surface area contributed by atoms with Crippen LogP contribution in [-0.2, 0) is 28.4 Å². The van der Waals surface area contributed by atoms with Crippen molar-refractivity contribution >= 4 is 55.1 Å². The maximum atomic E-state index is 15.2. The van der Waals surface area contributed by atoms with E-state index in [0.29, 0.717) is 34.4 Å². The van der Waals surface area contributed by atoms with Crippen LogP contribution in [0.1, 0.15) is 49.9 Å². The molecule has 0 aliphatic carbocycles. The monoisotopic (exact) mass is 906 g/mol. The number of para-hydroxylation sites is 2. The molecule has 9 heteroatoms. The smallest absolute Gasteiger partial charge is 0.165 e. The zero-order chi connectivity index (χ0) is 39.3. The summed E-state index contributed by atoms with van der Waals surface area (Å²) in [5, 5.41) is 1.14. The molecule has 0 amide bonds. The van der Waals surface area contributed by atoms with Gasteiger partial charge in [-0.25, -0.2) is 8.78 Å². The molecular weight excluding hydrogens is 869 g/mol. The molecule has 6 aromatic carbocycles. The summed E-state index contributed by atoms with van der Waals surface area (Å²) in [7, 11) is 0. The van der Waals surface area contributed by atoms with E-state index in [2.05, 4.69) is 59.6 Å². The van der Waals surface area contributed by atoms with Gasteiger partial charge in [0, 0.05) is 19.8 Å². The van der Waals surface area contributed by atoms with Crippen molar-refractivity contribution in [3.05, 3.63) is 186 Å². The second-order valence-corrected chi connectivity index (χ2v) is 17.1. The van der Waals surface area contributed by atoms with Crippen LogP contribution in [-0.4, -0.2) is 12.2 Å². The predicted molar refractivity (Wildman–Crippen MR) is 226 cm³/mol. The van der Waals surface area contributed by atoms with Gasteiger partial charge in [0.2, 0.25) is 0 Å². The Morgan fingerprint density at radius 2 is 0.909 bits per heavy atom. The van der Waals surface area contributed by atoms with E-state index in [4.69, 9.17) is 37.4 Å². The summed E-state index contributed by atoms with van der Waals surface area (Å²) in [6, 6.07) is 39.9. The minimum atomic E-state index is -0.630. The molecule has 6 rings (SSSR count). The van der Waals surface area contributed by atoms with Gasteiger partial charge >= 0.3 is 0 Å². The molecule has 284 valence electrons. The quantitative estimate of drug-likeness (QED) is 0.109. The van der Waals surface area contributed by atoms with Gasteiger partial charge in [0.15, 0.2) is 23.1 Å². The number of benzene rings is 6. The van der Waals surface area contributed by atoms with Gasteiger partial charge in [0.1, 0.15) is 11.5 Å². The Labute approximate surface area is 348 Å². The molecule has 3 nitrogen and oxygen atoms in total. The highest BCUT2D eigenvalue weighted by atomic mass is 79.9. The summed E-state index contributed by atoms with van der Waals surface area (Å²) >= 11 is 20.4. The van der Waals surface area contributed by atoms with Crippen molar-refractivity contribution in [1.82, 2.24) is 0 Å². The molecule has 0 N–H and O–H groups in total. The Hall–Kier alpha value is -3.72. The number of rotatable bonds is 14. The van der Waals surface area contributed by atoms with E-state index in [0.717, 1.165) is 31.2 Å². The van der Waals surface area contributed by atoms with E-state index in [1.165, 1.54) is 12.1 Å². The first-order valence-corrected chi connectivity index (χ1v) is 20.1. The zero-order valence-electron chi connectivity index (χ0n) is 30.8. The fraction of sp³-hybridized carbons (Fsp3) is 0.217. The summed E-state index contributed by atoms with van der Waals surface area (Å²) in [5.74, 6) is 0.346. The van der Waals surface area contributed by atoms with Crippen molar-refractivity contribution in [2.24, 2.45) is 0 Å². The molecule has 55 heavy (non-hydrogen) atoms. The van der Waals surface area contributed by atoms with E-state index in [1.54, 1.807) is 48.5 Å². The largest absolute Gasteiger partial charge is 0.454 e. The van der Waals surface area contributed by atoms with Crippen LogP contribution in [0.2, 0.25) is 10.0 Å². The van der Waals surface area contributed by atoms with Gasteiger partial charge in [-0.1, -0.05) is 112 Å². The average Bonchev–Trinajstić information content (AvgIpc) is 3.16. The second-order valence-electron chi connectivity index (χ2n) is 14.6. The third-order valence-corrected chi connectivity index (χ3v) is 12.5. The van der Waals surface area contributed by atoms with Crippen molar-refractivity contribution in [3.8, 4) is 23.0 Å². The molecule has 0 bridgehead atoms. The molecule has 2 atom stereocenters. The molecule has 0 fully saturated rings. The molecule has 0 saturated heterocycles. The van der Waals surface area contributed by atoms with Crippen molar-refractivity contribution in [2.75, 3.05) is 0 Å². The SMILES string of the molecule is CC(C)(c1ccc(Br)c(Cl)c1)C(Cc1ccc(F)c(Oc2ccccc2)c1)OC(Cc1ccc(F)c(Oc2ccccc2)c1)C(C)(C)c1ccc(Br)c(Cl)c1. The molecule has 0 aliphatic rings. The standard InChI is InChI=1S/C46H40Br2Cl2F2O3/c1-45(2,31-17-19-35(47)37(49)27-31)43(25-29-15-21-39(51)41(23-29)53-33-11-7-5-8-12-33)55-44(46(3,4)32-18-20-36(48)38(50)28-32)26-30-16-22-40(52)42(24-30)54-34-13-9-6-10-14-34/h5-24,27-28,43-44H,25-26H2,1-4H3. The molecule has 0 saturated carbocycles. The average molecular weight is 910 g/mol. The van der Waals surface area contributed by atoms with Crippen LogP contribution in [0.3, 0.4) is 0 Å². The molecular formula is C46H40Br2Cl2F2O3. The van der Waals surface area contributed by atoms with Crippen molar-refractivity contribution < 1.29 is 23.0 Å². The molecule has 6 aromatic rings. The third kappa shape index (κ3) is 10.00. The predicted octanol–water partition coefficient (Wildman–Crippen LogP) is 14.9. The highest BCUT2D eigenvalue weighted by Gasteiger charge is 2.40. The van der Waals surface area contributed by atoms with Gasteiger partial charge in [-0.15, -0.1) is 0 Å². The van der Waals surface area contributed by atoms with Gasteiger partial charge < -0.3 is 14.2 Å². The number of hydrogen-bond acceptors (Lipinski definition) is 3. The lowest BCUT2D eigenvalue weighted by Gasteiger charge is -2.43. The molecule has 0 heterocycles. The molecule has 0 aromatic heterocycles. The minimum absolute atomic E-state index is 0.116. The number of hydrogen-bond donors (Lipinski definition) is 0. The minimum Gasteiger partial charge on any atom is -0.454 e. The van der Waals surface area contributed by atoms with Crippen LogP contribution >= 0.6 is 55.1 Å². The summed E-state index contributed by atoms with van der Waals surface area (Å²) in [4.78, 5) is 0. The lowest BCUT2D eigenvalue weighted by molar-refractivity contribution is -0.0753. The van der Waals surface area contributed by atoms with E-state index in [9.17, 15) is 0 Å². The van der Waals surface area contributed by atoms with Gasteiger partial charge in [-0.2, -0.15) is 0 Å². The maximum Gasteiger partial charge on any atom is 0.165 e. The second kappa shape index (κ2) is 17.6. The highest BCUT2D eigenvalue weighted by molar-refractivity contribution is 9.10. The van der Waals surface area contributed by atoms with E-state index in [1.807, 2.05) is 72.8 Å². The molecule has 0 spiro atoms. The first-order valence-electron chi connectivity index (χ1n) is 17.8. The summed E-state index contributed by atoms with van der Waals surface area (Å²) in [5.41, 5.74) is 2.29. The molecule has 0 aliphatic heterocycles. The topological polar surface area (TPSA) is 27.7 Å². The van der Waals surface area contributed by atoms with E-state index in [-0.39, 0.29) is 11.5 Å². The number of ether oxygens (including phenoxy) is 3. The Balaban J connectivity index is 1.43. The first-order chi connectivity index (χ1) is 26.2. The third-order valence-electron chi connectivity index (χ3n) is 10.0. The Morgan fingerprint density at radius 3 is 1.27 bits per heavy atom. The van der Waals surface area contributed by atoms with Crippen LogP contribution in [0.4, 0.5) is 8.78 Å². The maximum absolute atomic E-state index is 15.2. The summed E-state index contributed by atoms with van der Waals surface area (Å²) in [6.07, 6.45) is -0.192. The van der Waals surface area contributed by atoms with Gasteiger partial charge in [0.25, 0.3) is 0 Å².